The van der Waals surface area contributed by atoms with Gasteiger partial charge in [-0.1, -0.05) is 50.0 Å². The Hall–Kier alpha value is -0.0600. The maximum atomic E-state index is 5.96. The Bertz CT molecular complexity index is 341. The molecule has 5 heteroatoms. The highest BCUT2D eigenvalue weighted by Crippen LogP contribution is 2.13. The highest BCUT2D eigenvalue weighted by molar-refractivity contribution is 6.18. The normalized spacial score (nSPS) is 14.2. The largest absolute Gasteiger partial charge is 0.356 e. The lowest BCUT2D eigenvalue weighted by atomic mass is 10.1. The molecule has 0 N–H and O–H groups in total. The van der Waals surface area contributed by atoms with Crippen LogP contribution in [0.5, 0.6) is 0 Å². The van der Waals surface area contributed by atoms with Gasteiger partial charge in [-0.15, -0.1) is 23.2 Å². The van der Waals surface area contributed by atoms with Crippen LogP contribution in [-0.2, 0) is 14.2 Å². The van der Waals surface area contributed by atoms with Crippen molar-refractivity contribution in [3.05, 3.63) is 24.3 Å². The molecule has 29 heavy (non-hydrogen) atoms. The van der Waals surface area contributed by atoms with E-state index < -0.39 is 0 Å². The van der Waals surface area contributed by atoms with Crippen molar-refractivity contribution in [2.24, 2.45) is 0 Å². The van der Waals surface area contributed by atoms with E-state index in [1.165, 1.54) is 38.5 Å². The Labute approximate surface area is 190 Å². The molecule has 0 rings (SSSR count). The number of unbranched alkanes of at least 4 members (excludes halogenated alkanes) is 8. The molecule has 0 aliphatic rings. The molecular weight excluding hydrogens is 407 g/mol. The summed E-state index contributed by atoms with van der Waals surface area (Å²) in [5, 5.41) is 0. The molecule has 2 atom stereocenters. The van der Waals surface area contributed by atoms with Crippen molar-refractivity contribution in [1.82, 2.24) is 0 Å². The molecule has 0 saturated carbocycles. The summed E-state index contributed by atoms with van der Waals surface area (Å²) in [6.45, 7) is 0. The first-order chi connectivity index (χ1) is 14.3. The van der Waals surface area contributed by atoms with Gasteiger partial charge in [-0.25, -0.2) is 0 Å². The van der Waals surface area contributed by atoms with E-state index >= 15 is 0 Å². The fraction of sp³-hybridized carbons (Fsp3) is 0.833. The van der Waals surface area contributed by atoms with Crippen molar-refractivity contribution in [2.45, 2.75) is 102 Å². The zero-order valence-electron chi connectivity index (χ0n) is 18.8. The summed E-state index contributed by atoms with van der Waals surface area (Å²) in [6, 6.07) is 0. The Morgan fingerprint density at radius 2 is 0.931 bits per heavy atom. The Balaban J connectivity index is 3.81. The minimum Gasteiger partial charge on any atom is -0.356 e. The van der Waals surface area contributed by atoms with Crippen molar-refractivity contribution >= 4 is 23.2 Å². The average molecular weight is 452 g/mol. The first-order valence-electron chi connectivity index (χ1n) is 11.4. The lowest BCUT2D eigenvalue weighted by Gasteiger charge is -2.22. The van der Waals surface area contributed by atoms with Crippen molar-refractivity contribution in [3.63, 3.8) is 0 Å². The second kappa shape index (κ2) is 24.2. The van der Waals surface area contributed by atoms with E-state index in [0.717, 1.165) is 63.1 Å². The Kier molecular flexibility index (Phi) is 24.2. The van der Waals surface area contributed by atoms with E-state index in [4.69, 9.17) is 37.4 Å². The number of methoxy groups -OCH3 is 2. The van der Waals surface area contributed by atoms with E-state index in [0.29, 0.717) is 0 Å². The standard InChI is InChI=1S/C24H44Cl2O3/c1-27-23(19-15-11-7-3-5-9-13-17-21-25)29-24(28-2)20-16-12-8-4-6-10-14-18-22-26/h7-8,11-12,23-24H,3-6,9-10,13-22H2,1-2H3. The third kappa shape index (κ3) is 21.0. The number of allylic oxidation sites excluding steroid dienone is 4. The Morgan fingerprint density at radius 3 is 1.31 bits per heavy atom. The molecule has 0 spiro atoms. The van der Waals surface area contributed by atoms with E-state index in [1.54, 1.807) is 14.2 Å². The maximum absolute atomic E-state index is 5.96. The van der Waals surface area contributed by atoms with Crippen molar-refractivity contribution < 1.29 is 14.2 Å². The van der Waals surface area contributed by atoms with Gasteiger partial charge in [0.2, 0.25) is 0 Å². The molecule has 0 aliphatic heterocycles. The van der Waals surface area contributed by atoms with Crippen LogP contribution in [0, 0.1) is 0 Å². The van der Waals surface area contributed by atoms with Gasteiger partial charge >= 0.3 is 0 Å². The number of alkyl halides is 2. The van der Waals surface area contributed by atoms with Crippen molar-refractivity contribution in [1.29, 1.82) is 0 Å². The highest BCUT2D eigenvalue weighted by Gasteiger charge is 2.14. The fourth-order valence-electron chi connectivity index (χ4n) is 3.01. The summed E-state index contributed by atoms with van der Waals surface area (Å²) in [4.78, 5) is 0. The van der Waals surface area contributed by atoms with Gasteiger partial charge < -0.3 is 14.2 Å². The van der Waals surface area contributed by atoms with Crippen LogP contribution in [0.15, 0.2) is 24.3 Å². The van der Waals surface area contributed by atoms with Crippen LogP contribution in [0.4, 0.5) is 0 Å². The molecule has 3 nitrogen and oxygen atoms in total. The molecule has 0 fully saturated rings. The summed E-state index contributed by atoms with van der Waals surface area (Å²) in [5.74, 6) is 1.56. The first-order valence-corrected chi connectivity index (χ1v) is 12.5. The second-order valence-corrected chi connectivity index (χ2v) is 8.10. The van der Waals surface area contributed by atoms with Crippen LogP contribution >= 0.6 is 23.2 Å². The zero-order valence-corrected chi connectivity index (χ0v) is 20.3. The van der Waals surface area contributed by atoms with Gasteiger partial charge in [0.05, 0.1) is 0 Å². The summed E-state index contributed by atoms with van der Waals surface area (Å²) in [5.41, 5.74) is 0. The number of halogens is 2. The summed E-state index contributed by atoms with van der Waals surface area (Å²) < 4.78 is 16.9. The van der Waals surface area contributed by atoms with E-state index in [2.05, 4.69) is 24.3 Å². The third-order valence-electron chi connectivity index (χ3n) is 4.81. The van der Waals surface area contributed by atoms with Gasteiger partial charge in [0.1, 0.15) is 0 Å². The number of ether oxygens (including phenoxy) is 3. The predicted octanol–water partition coefficient (Wildman–Crippen LogP) is 8.00. The molecular formula is C24H44Cl2O3. The molecule has 0 radical (unpaired) electrons. The maximum Gasteiger partial charge on any atom is 0.160 e. The van der Waals surface area contributed by atoms with Gasteiger partial charge in [-0.2, -0.15) is 0 Å². The van der Waals surface area contributed by atoms with E-state index in [1.807, 2.05) is 0 Å². The van der Waals surface area contributed by atoms with Crippen LogP contribution in [0.1, 0.15) is 89.9 Å². The lowest BCUT2D eigenvalue weighted by molar-refractivity contribution is -0.232. The molecule has 0 bridgehead atoms. The van der Waals surface area contributed by atoms with Crippen LogP contribution in [0.3, 0.4) is 0 Å². The topological polar surface area (TPSA) is 27.7 Å². The van der Waals surface area contributed by atoms with Crippen LogP contribution in [0.25, 0.3) is 0 Å². The smallest absolute Gasteiger partial charge is 0.160 e. The first kappa shape index (κ1) is 28.9. The third-order valence-corrected chi connectivity index (χ3v) is 5.34. The van der Waals surface area contributed by atoms with Crippen molar-refractivity contribution in [3.8, 4) is 0 Å². The number of rotatable bonds is 22. The molecule has 0 aromatic rings. The minimum absolute atomic E-state index is 0.223. The van der Waals surface area contributed by atoms with Crippen LogP contribution < -0.4 is 0 Å². The predicted molar refractivity (Wildman–Crippen MR) is 127 cm³/mol. The van der Waals surface area contributed by atoms with Gasteiger partial charge in [0.25, 0.3) is 0 Å². The van der Waals surface area contributed by atoms with Gasteiger partial charge in [-0.05, 0) is 51.4 Å². The number of hydrogen-bond acceptors (Lipinski definition) is 3. The SMILES string of the molecule is COC(CCC=CCCCCCCCl)OC(CCC=CCCCCCCCl)OC. The van der Waals surface area contributed by atoms with Crippen LogP contribution in [0.2, 0.25) is 0 Å². The molecule has 0 saturated heterocycles. The zero-order chi connectivity index (χ0) is 21.4. The van der Waals surface area contributed by atoms with Gasteiger partial charge in [0.15, 0.2) is 12.6 Å². The summed E-state index contributed by atoms with van der Waals surface area (Å²) in [7, 11) is 3.39. The fourth-order valence-corrected chi connectivity index (χ4v) is 3.39. The summed E-state index contributed by atoms with van der Waals surface area (Å²) >= 11 is 11.4. The summed E-state index contributed by atoms with van der Waals surface area (Å²) in [6.07, 6.45) is 24.2. The van der Waals surface area contributed by atoms with Gasteiger partial charge in [-0.3, -0.25) is 0 Å². The van der Waals surface area contributed by atoms with E-state index in [-0.39, 0.29) is 12.6 Å². The quantitative estimate of drug-likeness (QED) is 0.0722. The minimum atomic E-state index is -0.223. The second-order valence-electron chi connectivity index (χ2n) is 7.35. The van der Waals surface area contributed by atoms with E-state index in [9.17, 15) is 0 Å². The molecule has 0 aromatic heterocycles. The molecule has 0 amide bonds. The Morgan fingerprint density at radius 1 is 0.552 bits per heavy atom. The van der Waals surface area contributed by atoms with Gasteiger partial charge in [0, 0.05) is 38.8 Å². The molecule has 172 valence electrons. The molecule has 2 unspecified atom stereocenters. The molecule has 0 aromatic carbocycles. The lowest BCUT2D eigenvalue weighted by Crippen LogP contribution is -2.25. The average Bonchev–Trinajstić information content (AvgIpc) is 2.74. The number of hydrogen-bond donors (Lipinski definition) is 0. The highest BCUT2D eigenvalue weighted by atomic mass is 35.5. The van der Waals surface area contributed by atoms with Crippen molar-refractivity contribution in [2.75, 3.05) is 26.0 Å². The molecule has 0 aliphatic carbocycles. The van der Waals surface area contributed by atoms with Crippen LogP contribution in [-0.4, -0.2) is 38.6 Å². The monoisotopic (exact) mass is 450 g/mol. The molecule has 0 heterocycles.